The van der Waals surface area contributed by atoms with E-state index in [1.807, 2.05) is 0 Å². The lowest BCUT2D eigenvalue weighted by Gasteiger charge is -2.48. The summed E-state index contributed by atoms with van der Waals surface area (Å²) in [5.74, 6) is 0. The van der Waals surface area contributed by atoms with Gasteiger partial charge in [0.1, 0.15) is 6.04 Å². The molecular formula is C13H23F3N2O. The summed E-state index contributed by atoms with van der Waals surface area (Å²) in [7, 11) is 0. The number of nitrogens with zero attached hydrogens (tertiary/aromatic N) is 1. The topological polar surface area (TPSA) is 38.5 Å². The zero-order valence-corrected chi connectivity index (χ0v) is 11.3. The molecule has 2 rings (SSSR count). The van der Waals surface area contributed by atoms with Gasteiger partial charge in [-0.1, -0.05) is 19.8 Å². The SMILES string of the molecule is CCC(N)C(N1CCOC2CCCCC21)C(F)(F)F. The van der Waals surface area contributed by atoms with Gasteiger partial charge in [0, 0.05) is 18.6 Å². The number of alkyl halides is 3. The minimum absolute atomic E-state index is 0.0450. The van der Waals surface area contributed by atoms with E-state index in [1.165, 1.54) is 0 Å². The molecule has 0 aromatic heterocycles. The summed E-state index contributed by atoms with van der Waals surface area (Å²) in [5, 5.41) is 0. The van der Waals surface area contributed by atoms with Crippen molar-refractivity contribution in [1.82, 2.24) is 4.90 Å². The summed E-state index contributed by atoms with van der Waals surface area (Å²) >= 11 is 0. The van der Waals surface area contributed by atoms with Gasteiger partial charge in [0.05, 0.1) is 12.7 Å². The number of hydrogen-bond acceptors (Lipinski definition) is 3. The maximum atomic E-state index is 13.3. The zero-order valence-electron chi connectivity index (χ0n) is 11.3. The lowest BCUT2D eigenvalue weighted by atomic mass is 9.88. The van der Waals surface area contributed by atoms with E-state index in [-0.39, 0.29) is 12.1 Å². The molecule has 0 aromatic rings. The molecule has 4 atom stereocenters. The van der Waals surface area contributed by atoms with Crippen molar-refractivity contribution in [2.75, 3.05) is 13.2 Å². The van der Waals surface area contributed by atoms with Crippen LogP contribution in [0.15, 0.2) is 0 Å². The van der Waals surface area contributed by atoms with Crippen LogP contribution in [0.2, 0.25) is 0 Å². The Hall–Kier alpha value is -0.330. The van der Waals surface area contributed by atoms with Crippen LogP contribution in [0.4, 0.5) is 13.2 Å². The molecule has 4 unspecified atom stereocenters. The molecule has 0 amide bonds. The third-order valence-corrected chi connectivity index (χ3v) is 4.34. The average Bonchev–Trinajstić information content (AvgIpc) is 2.37. The minimum atomic E-state index is -4.27. The molecule has 1 aliphatic carbocycles. The van der Waals surface area contributed by atoms with Crippen molar-refractivity contribution in [2.45, 2.75) is 69.4 Å². The number of morpholine rings is 1. The highest BCUT2D eigenvalue weighted by Gasteiger charge is 2.51. The molecule has 3 nitrogen and oxygen atoms in total. The van der Waals surface area contributed by atoms with Crippen molar-refractivity contribution in [3.63, 3.8) is 0 Å². The molecule has 2 aliphatic rings. The molecule has 2 fully saturated rings. The van der Waals surface area contributed by atoms with Crippen LogP contribution in [-0.4, -0.2) is 48.5 Å². The molecule has 1 saturated carbocycles. The number of nitrogens with two attached hydrogens (primary N) is 1. The summed E-state index contributed by atoms with van der Waals surface area (Å²) in [6, 6.07) is -2.51. The minimum Gasteiger partial charge on any atom is -0.375 e. The van der Waals surface area contributed by atoms with E-state index in [1.54, 1.807) is 11.8 Å². The molecule has 0 bridgehead atoms. The van der Waals surface area contributed by atoms with E-state index < -0.39 is 18.3 Å². The average molecular weight is 280 g/mol. The molecule has 1 aliphatic heterocycles. The van der Waals surface area contributed by atoms with E-state index in [9.17, 15) is 13.2 Å². The van der Waals surface area contributed by atoms with Crippen LogP contribution >= 0.6 is 0 Å². The molecule has 0 spiro atoms. The first-order valence-corrected chi connectivity index (χ1v) is 7.14. The highest BCUT2D eigenvalue weighted by Crippen LogP contribution is 2.35. The lowest BCUT2D eigenvalue weighted by Crippen LogP contribution is -2.64. The van der Waals surface area contributed by atoms with Crippen LogP contribution in [0.1, 0.15) is 39.0 Å². The van der Waals surface area contributed by atoms with Crippen molar-refractivity contribution < 1.29 is 17.9 Å². The predicted octanol–water partition coefficient (Wildman–Crippen LogP) is 2.30. The van der Waals surface area contributed by atoms with E-state index in [4.69, 9.17) is 10.5 Å². The fourth-order valence-corrected chi connectivity index (χ4v) is 3.37. The Balaban J connectivity index is 2.19. The van der Waals surface area contributed by atoms with Crippen LogP contribution in [0.5, 0.6) is 0 Å². The lowest BCUT2D eigenvalue weighted by molar-refractivity contribution is -0.218. The van der Waals surface area contributed by atoms with E-state index in [0.29, 0.717) is 19.6 Å². The fourth-order valence-electron chi connectivity index (χ4n) is 3.37. The zero-order chi connectivity index (χ0) is 14.0. The van der Waals surface area contributed by atoms with Gasteiger partial charge < -0.3 is 10.5 Å². The van der Waals surface area contributed by atoms with Crippen LogP contribution < -0.4 is 5.73 Å². The Labute approximate surface area is 112 Å². The molecule has 1 saturated heterocycles. The Kier molecular flexibility index (Phi) is 4.74. The number of ether oxygens (including phenoxy) is 1. The normalized spacial score (nSPS) is 32.7. The van der Waals surface area contributed by atoms with Crippen LogP contribution in [0.25, 0.3) is 0 Å². The Bertz CT molecular complexity index is 296. The largest absolute Gasteiger partial charge is 0.405 e. The molecule has 1 heterocycles. The summed E-state index contributed by atoms with van der Waals surface area (Å²) in [6.07, 6.45) is -0.302. The highest BCUT2D eigenvalue weighted by atomic mass is 19.4. The predicted molar refractivity (Wildman–Crippen MR) is 66.8 cm³/mol. The maximum absolute atomic E-state index is 13.3. The first kappa shape index (κ1) is 15.1. The Morgan fingerprint density at radius 3 is 2.63 bits per heavy atom. The number of rotatable bonds is 3. The summed E-state index contributed by atoms with van der Waals surface area (Å²) in [4.78, 5) is 1.57. The van der Waals surface area contributed by atoms with Crippen molar-refractivity contribution in [3.8, 4) is 0 Å². The Morgan fingerprint density at radius 2 is 2.00 bits per heavy atom. The Morgan fingerprint density at radius 1 is 1.32 bits per heavy atom. The summed E-state index contributed by atoms with van der Waals surface area (Å²) in [5.41, 5.74) is 5.75. The van der Waals surface area contributed by atoms with E-state index in [2.05, 4.69) is 0 Å². The second-order valence-electron chi connectivity index (χ2n) is 5.56. The third kappa shape index (κ3) is 3.23. The van der Waals surface area contributed by atoms with Gasteiger partial charge in [-0.05, 0) is 19.3 Å². The van der Waals surface area contributed by atoms with Crippen LogP contribution in [0, 0.1) is 0 Å². The fraction of sp³-hybridized carbons (Fsp3) is 1.00. The van der Waals surface area contributed by atoms with Crippen molar-refractivity contribution in [1.29, 1.82) is 0 Å². The monoisotopic (exact) mass is 280 g/mol. The second-order valence-corrected chi connectivity index (χ2v) is 5.56. The van der Waals surface area contributed by atoms with Gasteiger partial charge in [0.25, 0.3) is 0 Å². The summed E-state index contributed by atoms with van der Waals surface area (Å²) in [6.45, 7) is 2.42. The van der Waals surface area contributed by atoms with E-state index in [0.717, 1.165) is 25.7 Å². The quantitative estimate of drug-likeness (QED) is 0.862. The van der Waals surface area contributed by atoms with Gasteiger partial charge in [-0.2, -0.15) is 13.2 Å². The van der Waals surface area contributed by atoms with Crippen molar-refractivity contribution in [2.24, 2.45) is 5.73 Å². The van der Waals surface area contributed by atoms with Crippen molar-refractivity contribution in [3.05, 3.63) is 0 Å². The highest BCUT2D eigenvalue weighted by molar-refractivity contribution is 4.96. The molecule has 112 valence electrons. The molecule has 2 N–H and O–H groups in total. The van der Waals surface area contributed by atoms with Gasteiger partial charge in [-0.25, -0.2) is 0 Å². The van der Waals surface area contributed by atoms with E-state index >= 15 is 0 Å². The van der Waals surface area contributed by atoms with Crippen LogP contribution in [0.3, 0.4) is 0 Å². The first-order valence-electron chi connectivity index (χ1n) is 7.14. The molecule has 6 heteroatoms. The van der Waals surface area contributed by atoms with Gasteiger partial charge in [0.15, 0.2) is 0 Å². The maximum Gasteiger partial charge on any atom is 0.405 e. The third-order valence-electron chi connectivity index (χ3n) is 4.34. The van der Waals surface area contributed by atoms with Gasteiger partial charge in [0.2, 0.25) is 0 Å². The molecule has 0 aromatic carbocycles. The molecule has 19 heavy (non-hydrogen) atoms. The summed E-state index contributed by atoms with van der Waals surface area (Å²) < 4.78 is 45.7. The van der Waals surface area contributed by atoms with Crippen LogP contribution in [-0.2, 0) is 4.74 Å². The second kappa shape index (κ2) is 5.97. The van der Waals surface area contributed by atoms with Gasteiger partial charge >= 0.3 is 6.18 Å². The number of fused-ring (bicyclic) bond motifs is 1. The molecular weight excluding hydrogens is 257 g/mol. The van der Waals surface area contributed by atoms with Crippen molar-refractivity contribution >= 4 is 0 Å². The smallest absolute Gasteiger partial charge is 0.375 e. The first-order chi connectivity index (χ1) is 8.95. The van der Waals surface area contributed by atoms with Gasteiger partial charge in [-0.3, -0.25) is 4.90 Å². The standard InChI is InChI=1S/C13H23F3N2O/c1-2-9(17)12(13(14,15)16)18-7-8-19-11-6-4-3-5-10(11)18/h9-12H,2-8,17H2,1H3. The number of hydrogen-bond donors (Lipinski definition) is 1. The van der Waals surface area contributed by atoms with Gasteiger partial charge in [-0.15, -0.1) is 0 Å². The number of halogens is 3. The molecule has 0 radical (unpaired) electrons.